The Bertz CT molecular complexity index is 1080. The van der Waals surface area contributed by atoms with Crippen molar-refractivity contribution < 1.29 is 14.4 Å². The summed E-state index contributed by atoms with van der Waals surface area (Å²) in [7, 11) is 3.27. The topological polar surface area (TPSA) is 89.8 Å². The smallest absolute Gasteiger partial charge is 0.270 e. The highest BCUT2D eigenvalue weighted by Gasteiger charge is 2.19. The number of likely N-dealkylation sites (tertiary alicyclic amines) is 1. The molecule has 1 fully saturated rings. The van der Waals surface area contributed by atoms with Crippen LogP contribution in [0.3, 0.4) is 0 Å². The van der Waals surface area contributed by atoms with Crippen molar-refractivity contribution in [2.45, 2.75) is 26.3 Å². The quantitative estimate of drug-likeness (QED) is 0.255. The fraction of sp³-hybridized carbons (Fsp3) is 0.348. The molecule has 1 aromatic heterocycles. The van der Waals surface area contributed by atoms with E-state index in [2.05, 4.69) is 27.4 Å². The molecule has 8 nitrogen and oxygen atoms in total. The number of ether oxygens (including phenoxy) is 2. The highest BCUT2D eigenvalue weighted by atomic mass is 32.1. The Morgan fingerprint density at radius 2 is 1.88 bits per heavy atom. The van der Waals surface area contributed by atoms with Crippen molar-refractivity contribution in [2.75, 3.05) is 32.0 Å². The minimum absolute atomic E-state index is 0.0815. The zero-order chi connectivity index (χ0) is 23.8. The molecule has 0 bridgehead atoms. The van der Waals surface area contributed by atoms with Gasteiger partial charge in [-0.25, -0.2) is 4.98 Å². The van der Waals surface area contributed by atoms with Crippen LogP contribution in [0.2, 0.25) is 0 Å². The standard InChI is InChI=1S/C14H16N4O2S2.C9H12O2/c19-18(20)11-5-3-4-10(8-11)13-12(22-14(15-13)16-21)9-17-6-1-2-7-17;1-7-4-5-8(10-2)9(6-7)11-3/h3-5,8,21H,1-2,6-7,9H2,(H,15,16);4-6H,1-3H3. The maximum absolute atomic E-state index is 11.0. The Hall–Kier alpha value is -2.82. The number of hydrogen-bond acceptors (Lipinski definition) is 9. The third-order valence-corrected chi connectivity index (χ3v) is 6.55. The minimum Gasteiger partial charge on any atom is -0.493 e. The Labute approximate surface area is 203 Å². The van der Waals surface area contributed by atoms with Gasteiger partial charge in [-0.15, -0.1) is 0 Å². The van der Waals surface area contributed by atoms with E-state index in [4.69, 9.17) is 9.47 Å². The van der Waals surface area contributed by atoms with Gasteiger partial charge in [0, 0.05) is 29.1 Å². The van der Waals surface area contributed by atoms with Crippen molar-refractivity contribution in [3.8, 4) is 22.8 Å². The van der Waals surface area contributed by atoms with Crippen molar-refractivity contribution in [3.05, 3.63) is 63.0 Å². The number of thiol groups is 1. The molecule has 0 saturated carbocycles. The molecule has 0 atom stereocenters. The summed E-state index contributed by atoms with van der Waals surface area (Å²) >= 11 is 5.61. The number of nitro benzene ring substituents is 1. The summed E-state index contributed by atoms with van der Waals surface area (Å²) < 4.78 is 12.9. The summed E-state index contributed by atoms with van der Waals surface area (Å²) in [5.74, 6) is 1.56. The van der Waals surface area contributed by atoms with Gasteiger partial charge in [-0.05, 0) is 50.6 Å². The lowest BCUT2D eigenvalue weighted by Crippen LogP contribution is -2.18. The van der Waals surface area contributed by atoms with E-state index in [1.807, 2.05) is 31.2 Å². The summed E-state index contributed by atoms with van der Waals surface area (Å²) in [4.78, 5) is 18.6. The van der Waals surface area contributed by atoms with E-state index in [9.17, 15) is 10.1 Å². The fourth-order valence-corrected chi connectivity index (χ4v) is 4.70. The number of non-ortho nitro benzene ring substituents is 1. The van der Waals surface area contributed by atoms with Crippen LogP contribution >= 0.6 is 24.2 Å². The number of rotatable bonds is 7. The molecule has 3 aromatic rings. The summed E-state index contributed by atoms with van der Waals surface area (Å²) in [6.45, 7) is 5.03. The molecule has 10 heteroatoms. The van der Waals surface area contributed by atoms with E-state index < -0.39 is 0 Å². The Morgan fingerprint density at radius 1 is 1.15 bits per heavy atom. The number of aryl methyl sites for hydroxylation is 1. The molecule has 176 valence electrons. The lowest BCUT2D eigenvalue weighted by molar-refractivity contribution is -0.384. The van der Waals surface area contributed by atoms with Crippen LogP contribution in [0.25, 0.3) is 11.3 Å². The normalized spacial score (nSPS) is 13.2. The zero-order valence-electron chi connectivity index (χ0n) is 18.9. The number of benzene rings is 2. The van der Waals surface area contributed by atoms with Crippen LogP contribution in [0.15, 0.2) is 42.5 Å². The molecular weight excluding hydrogens is 460 g/mol. The number of aromatic nitrogens is 1. The average molecular weight is 489 g/mol. The Balaban J connectivity index is 0.000000235. The summed E-state index contributed by atoms with van der Waals surface area (Å²) in [5.41, 5.74) is 2.83. The number of nitro groups is 1. The third kappa shape index (κ3) is 6.59. The highest BCUT2D eigenvalue weighted by Crippen LogP contribution is 2.34. The van der Waals surface area contributed by atoms with Gasteiger partial charge in [0.1, 0.15) is 0 Å². The van der Waals surface area contributed by atoms with Crippen molar-refractivity contribution >= 4 is 35.0 Å². The summed E-state index contributed by atoms with van der Waals surface area (Å²) in [5, 5.41) is 11.7. The number of methoxy groups -OCH3 is 2. The first-order valence-electron chi connectivity index (χ1n) is 10.5. The average Bonchev–Trinajstić information content (AvgIpc) is 3.49. The molecule has 0 radical (unpaired) electrons. The number of hydrogen-bond donors (Lipinski definition) is 2. The molecule has 1 aliphatic rings. The lowest BCUT2D eigenvalue weighted by atomic mass is 10.1. The number of nitrogens with one attached hydrogen (secondary N) is 1. The molecule has 2 aromatic carbocycles. The molecule has 0 amide bonds. The summed E-state index contributed by atoms with van der Waals surface area (Å²) in [6, 6.07) is 12.4. The van der Waals surface area contributed by atoms with Gasteiger partial charge in [0.2, 0.25) is 0 Å². The van der Waals surface area contributed by atoms with Gasteiger partial charge >= 0.3 is 0 Å². The lowest BCUT2D eigenvalue weighted by Gasteiger charge is -2.13. The second-order valence-electron chi connectivity index (χ2n) is 7.55. The van der Waals surface area contributed by atoms with Crippen molar-refractivity contribution in [1.29, 1.82) is 0 Å². The van der Waals surface area contributed by atoms with Crippen LogP contribution in [0, 0.1) is 17.0 Å². The van der Waals surface area contributed by atoms with Crippen molar-refractivity contribution in [2.24, 2.45) is 0 Å². The Morgan fingerprint density at radius 3 is 2.52 bits per heavy atom. The highest BCUT2D eigenvalue weighted by molar-refractivity contribution is 7.82. The maximum atomic E-state index is 11.0. The number of anilines is 1. The van der Waals surface area contributed by atoms with Gasteiger partial charge in [0.25, 0.3) is 5.69 Å². The fourth-order valence-electron chi connectivity index (χ4n) is 3.59. The molecule has 33 heavy (non-hydrogen) atoms. The van der Waals surface area contributed by atoms with E-state index >= 15 is 0 Å². The van der Waals surface area contributed by atoms with Crippen LogP contribution < -0.4 is 14.2 Å². The maximum Gasteiger partial charge on any atom is 0.270 e. The summed E-state index contributed by atoms with van der Waals surface area (Å²) in [6.07, 6.45) is 2.45. The van der Waals surface area contributed by atoms with E-state index in [0.29, 0.717) is 5.13 Å². The van der Waals surface area contributed by atoms with Gasteiger partial charge in [-0.2, -0.15) is 0 Å². The van der Waals surface area contributed by atoms with E-state index in [1.54, 1.807) is 37.7 Å². The molecule has 1 saturated heterocycles. The number of nitrogens with zero attached hydrogens (tertiary/aromatic N) is 3. The van der Waals surface area contributed by atoms with E-state index in [-0.39, 0.29) is 10.6 Å². The first-order chi connectivity index (χ1) is 15.9. The molecule has 0 unspecified atom stereocenters. The first kappa shape index (κ1) is 24.8. The van der Waals surface area contributed by atoms with Crippen LogP contribution in [-0.2, 0) is 6.54 Å². The van der Waals surface area contributed by atoms with Crippen molar-refractivity contribution in [1.82, 2.24) is 9.88 Å². The zero-order valence-corrected chi connectivity index (χ0v) is 20.6. The molecule has 4 rings (SSSR count). The van der Waals surface area contributed by atoms with Gasteiger partial charge < -0.3 is 14.2 Å². The first-order valence-corrected chi connectivity index (χ1v) is 11.8. The minimum atomic E-state index is -0.381. The van der Waals surface area contributed by atoms with Crippen LogP contribution in [0.1, 0.15) is 23.3 Å². The third-order valence-electron chi connectivity index (χ3n) is 5.23. The molecule has 0 aliphatic carbocycles. The Kier molecular flexibility index (Phi) is 8.93. The number of thiazole rings is 1. The van der Waals surface area contributed by atoms with Crippen molar-refractivity contribution in [3.63, 3.8) is 0 Å². The van der Waals surface area contributed by atoms with Crippen LogP contribution in [0.5, 0.6) is 11.5 Å². The van der Waals surface area contributed by atoms with Gasteiger partial charge in [0.15, 0.2) is 16.6 Å². The predicted molar refractivity (Wildman–Crippen MR) is 136 cm³/mol. The SMILES string of the molecule is COc1ccc(C)cc1OC.O=[N+]([O-])c1cccc(-c2nc(NS)sc2CN2CCCC2)c1. The molecule has 1 N–H and O–H groups in total. The van der Waals surface area contributed by atoms with Crippen LogP contribution in [-0.4, -0.2) is 42.1 Å². The molecule has 0 spiro atoms. The largest absolute Gasteiger partial charge is 0.493 e. The van der Waals surface area contributed by atoms with Gasteiger partial charge in [-0.1, -0.05) is 42.4 Å². The second kappa shape index (κ2) is 11.9. The van der Waals surface area contributed by atoms with Crippen LogP contribution in [0.4, 0.5) is 10.8 Å². The van der Waals surface area contributed by atoms with E-state index in [0.717, 1.165) is 47.3 Å². The van der Waals surface area contributed by atoms with Gasteiger partial charge in [0.05, 0.1) is 24.8 Å². The molecule has 2 heterocycles. The monoisotopic (exact) mass is 488 g/mol. The molecular formula is C23H28N4O4S2. The van der Waals surface area contributed by atoms with Gasteiger partial charge in [-0.3, -0.25) is 15.0 Å². The molecule has 1 aliphatic heterocycles. The second-order valence-corrected chi connectivity index (χ2v) is 8.86. The van der Waals surface area contributed by atoms with E-state index in [1.165, 1.54) is 24.5 Å². The predicted octanol–water partition coefficient (Wildman–Crippen LogP) is 5.58.